The molecule has 2 aromatic rings. The van der Waals surface area contributed by atoms with Gasteiger partial charge in [0.1, 0.15) is 11.6 Å². The zero-order valence-corrected chi connectivity index (χ0v) is 14.4. The molecule has 0 aliphatic carbocycles. The second-order valence-electron chi connectivity index (χ2n) is 6.56. The highest BCUT2D eigenvalue weighted by molar-refractivity contribution is 5.76. The topological polar surface area (TPSA) is 45.5 Å². The summed E-state index contributed by atoms with van der Waals surface area (Å²) < 4.78 is 18.8. The van der Waals surface area contributed by atoms with Crippen molar-refractivity contribution in [2.75, 3.05) is 19.6 Å². The van der Waals surface area contributed by atoms with Crippen LogP contribution in [0.3, 0.4) is 0 Å². The molecular weight excluding hydrogens is 319 g/mol. The summed E-state index contributed by atoms with van der Waals surface area (Å²) >= 11 is 0. The fraction of sp³-hybridized carbons (Fsp3) is 0.450. The lowest BCUT2D eigenvalue weighted by Crippen LogP contribution is -2.40. The van der Waals surface area contributed by atoms with Crippen LogP contribution in [0.5, 0.6) is 0 Å². The molecular formula is C20H25FN2O2. The van der Waals surface area contributed by atoms with E-state index in [0.717, 1.165) is 24.4 Å². The molecule has 1 atom stereocenters. The molecule has 1 aliphatic heterocycles. The first-order valence-corrected chi connectivity index (χ1v) is 9.01. The van der Waals surface area contributed by atoms with Gasteiger partial charge in [0.05, 0.1) is 12.3 Å². The van der Waals surface area contributed by atoms with E-state index < -0.39 is 0 Å². The first-order chi connectivity index (χ1) is 12.2. The molecule has 0 bridgehead atoms. The Labute approximate surface area is 148 Å². The Balaban J connectivity index is 1.52. The molecule has 1 aromatic carbocycles. The summed E-state index contributed by atoms with van der Waals surface area (Å²) in [7, 11) is 0. The van der Waals surface area contributed by atoms with Gasteiger partial charge in [-0.3, -0.25) is 9.69 Å². The van der Waals surface area contributed by atoms with Crippen LogP contribution in [-0.4, -0.2) is 30.4 Å². The molecule has 1 saturated heterocycles. The van der Waals surface area contributed by atoms with Crippen molar-refractivity contribution in [2.24, 2.45) is 0 Å². The van der Waals surface area contributed by atoms with Crippen molar-refractivity contribution in [3.8, 4) is 0 Å². The smallest absolute Gasteiger partial charge is 0.220 e. The number of aryl methyl sites for hydroxylation is 1. The van der Waals surface area contributed by atoms with Gasteiger partial charge in [0.15, 0.2) is 0 Å². The van der Waals surface area contributed by atoms with E-state index in [0.29, 0.717) is 19.4 Å². The minimum absolute atomic E-state index is 0.0159. The molecule has 1 aromatic heterocycles. The van der Waals surface area contributed by atoms with Crippen molar-refractivity contribution in [2.45, 2.75) is 38.1 Å². The second kappa shape index (κ2) is 8.81. The van der Waals surface area contributed by atoms with Gasteiger partial charge in [-0.1, -0.05) is 18.6 Å². The van der Waals surface area contributed by atoms with Crippen LogP contribution >= 0.6 is 0 Å². The highest BCUT2D eigenvalue weighted by Gasteiger charge is 2.24. The average molecular weight is 344 g/mol. The number of rotatable bonds is 7. The molecule has 3 rings (SSSR count). The fourth-order valence-electron chi connectivity index (χ4n) is 3.37. The molecule has 0 spiro atoms. The number of nitrogens with one attached hydrogen (secondary N) is 1. The van der Waals surface area contributed by atoms with Gasteiger partial charge in [-0.05, 0) is 62.2 Å². The maximum Gasteiger partial charge on any atom is 0.220 e. The van der Waals surface area contributed by atoms with Crippen molar-refractivity contribution in [3.05, 3.63) is 59.8 Å². The Bertz CT molecular complexity index is 666. The van der Waals surface area contributed by atoms with E-state index in [-0.39, 0.29) is 17.8 Å². The molecule has 134 valence electrons. The van der Waals surface area contributed by atoms with E-state index in [4.69, 9.17) is 4.42 Å². The number of amides is 1. The van der Waals surface area contributed by atoms with Gasteiger partial charge in [0, 0.05) is 13.0 Å². The van der Waals surface area contributed by atoms with Crippen LogP contribution < -0.4 is 5.32 Å². The zero-order valence-electron chi connectivity index (χ0n) is 14.4. The molecule has 1 N–H and O–H groups in total. The van der Waals surface area contributed by atoms with Gasteiger partial charge in [-0.25, -0.2) is 4.39 Å². The first kappa shape index (κ1) is 17.7. The number of hydrogen-bond donors (Lipinski definition) is 1. The summed E-state index contributed by atoms with van der Waals surface area (Å²) in [6.45, 7) is 2.60. The van der Waals surface area contributed by atoms with Crippen LogP contribution in [0.15, 0.2) is 47.1 Å². The molecule has 1 unspecified atom stereocenters. The normalized spacial score (nSPS) is 16.5. The van der Waals surface area contributed by atoms with E-state index in [1.807, 2.05) is 18.2 Å². The summed E-state index contributed by atoms with van der Waals surface area (Å²) in [5, 5.41) is 3.02. The number of piperidine rings is 1. The lowest BCUT2D eigenvalue weighted by Gasteiger charge is -2.33. The maximum atomic E-state index is 13.2. The summed E-state index contributed by atoms with van der Waals surface area (Å²) in [6, 6.07) is 10.3. The highest BCUT2D eigenvalue weighted by atomic mass is 19.1. The van der Waals surface area contributed by atoms with Crippen LogP contribution in [0, 0.1) is 5.82 Å². The second-order valence-corrected chi connectivity index (χ2v) is 6.56. The van der Waals surface area contributed by atoms with E-state index in [9.17, 15) is 9.18 Å². The lowest BCUT2D eigenvalue weighted by molar-refractivity contribution is -0.121. The van der Waals surface area contributed by atoms with Gasteiger partial charge in [0.25, 0.3) is 0 Å². The van der Waals surface area contributed by atoms with Crippen LogP contribution in [0.4, 0.5) is 4.39 Å². The van der Waals surface area contributed by atoms with Crippen LogP contribution in [-0.2, 0) is 11.2 Å². The number of furan rings is 1. The molecule has 1 amide bonds. The number of benzene rings is 1. The monoisotopic (exact) mass is 344 g/mol. The summed E-state index contributed by atoms with van der Waals surface area (Å²) in [4.78, 5) is 14.6. The maximum absolute atomic E-state index is 13.2. The van der Waals surface area contributed by atoms with Gasteiger partial charge in [-0.2, -0.15) is 0 Å². The molecule has 2 heterocycles. The fourth-order valence-corrected chi connectivity index (χ4v) is 3.37. The Morgan fingerprint density at radius 2 is 2.04 bits per heavy atom. The van der Waals surface area contributed by atoms with E-state index in [1.54, 1.807) is 12.3 Å². The Morgan fingerprint density at radius 1 is 1.20 bits per heavy atom. The number of carbonyl (C=O) groups excluding carboxylic acids is 1. The minimum Gasteiger partial charge on any atom is -0.468 e. The third-order valence-electron chi connectivity index (χ3n) is 4.73. The van der Waals surface area contributed by atoms with Gasteiger partial charge in [-0.15, -0.1) is 0 Å². The SMILES string of the molecule is O=C(CCc1cccc(F)c1)NCC(c1ccco1)N1CCCCC1. The average Bonchev–Trinajstić information content (AvgIpc) is 3.15. The van der Waals surface area contributed by atoms with Crippen LogP contribution in [0.2, 0.25) is 0 Å². The molecule has 0 saturated carbocycles. The quantitative estimate of drug-likeness (QED) is 0.833. The summed E-state index contributed by atoms with van der Waals surface area (Å²) in [5.74, 6) is 0.617. The number of halogens is 1. The van der Waals surface area contributed by atoms with E-state index in [1.165, 1.54) is 31.4 Å². The standard InChI is InChI=1S/C20H25FN2O2/c21-17-7-4-6-16(14-17)9-10-20(24)22-15-18(19-8-5-13-25-19)23-11-2-1-3-12-23/h4-8,13-14,18H,1-3,9-12,15H2,(H,22,24). The van der Waals surface area contributed by atoms with Crippen molar-refractivity contribution in [3.63, 3.8) is 0 Å². The van der Waals surface area contributed by atoms with E-state index >= 15 is 0 Å². The molecule has 1 fully saturated rings. The van der Waals surface area contributed by atoms with Crippen molar-refractivity contribution in [1.82, 2.24) is 10.2 Å². The lowest BCUT2D eigenvalue weighted by atomic mass is 10.1. The number of hydrogen-bond acceptors (Lipinski definition) is 3. The van der Waals surface area contributed by atoms with Crippen molar-refractivity contribution >= 4 is 5.91 Å². The first-order valence-electron chi connectivity index (χ1n) is 9.01. The number of nitrogens with zero attached hydrogens (tertiary/aromatic N) is 1. The van der Waals surface area contributed by atoms with Gasteiger partial charge >= 0.3 is 0 Å². The molecule has 1 aliphatic rings. The largest absolute Gasteiger partial charge is 0.468 e. The highest BCUT2D eigenvalue weighted by Crippen LogP contribution is 2.24. The Hall–Kier alpha value is -2.14. The molecule has 4 nitrogen and oxygen atoms in total. The van der Waals surface area contributed by atoms with Crippen molar-refractivity contribution in [1.29, 1.82) is 0 Å². The van der Waals surface area contributed by atoms with Crippen molar-refractivity contribution < 1.29 is 13.6 Å². The van der Waals surface area contributed by atoms with E-state index in [2.05, 4.69) is 10.2 Å². The van der Waals surface area contributed by atoms with Crippen LogP contribution in [0.25, 0.3) is 0 Å². The predicted octanol–water partition coefficient (Wildman–Crippen LogP) is 3.69. The Kier molecular flexibility index (Phi) is 6.23. The van der Waals surface area contributed by atoms with Crippen LogP contribution in [0.1, 0.15) is 43.0 Å². The summed E-state index contributed by atoms with van der Waals surface area (Å²) in [6.07, 6.45) is 6.21. The predicted molar refractivity (Wildman–Crippen MR) is 94.6 cm³/mol. The Morgan fingerprint density at radius 3 is 2.76 bits per heavy atom. The van der Waals surface area contributed by atoms with Gasteiger partial charge < -0.3 is 9.73 Å². The molecule has 0 radical (unpaired) electrons. The summed E-state index contributed by atoms with van der Waals surface area (Å²) in [5.41, 5.74) is 0.841. The third kappa shape index (κ3) is 5.16. The molecule has 5 heteroatoms. The number of carbonyl (C=O) groups is 1. The zero-order chi connectivity index (χ0) is 17.5. The minimum atomic E-state index is -0.263. The van der Waals surface area contributed by atoms with Gasteiger partial charge in [0.2, 0.25) is 5.91 Å². The number of likely N-dealkylation sites (tertiary alicyclic amines) is 1. The third-order valence-corrected chi connectivity index (χ3v) is 4.73. The molecule has 25 heavy (non-hydrogen) atoms.